The molecule has 1 heterocycles. The minimum absolute atomic E-state index is 0.161. The zero-order valence-electron chi connectivity index (χ0n) is 17.0. The molecular formula is C18H18Cl3N3O7S. The molecule has 0 spiro atoms. The number of carbonyl (C=O) groups excluding carboxylic acids is 3. The Hall–Kier alpha value is -1.88. The number of esters is 3. The van der Waals surface area contributed by atoms with E-state index in [1.54, 1.807) is 0 Å². The average Bonchev–Trinajstić information content (AvgIpc) is 2.68. The minimum Gasteiger partial charge on any atom is -0.463 e. The first kappa shape index (κ1) is 26.4. The van der Waals surface area contributed by atoms with Gasteiger partial charge in [-0.25, -0.2) is 0 Å². The molecule has 3 unspecified atom stereocenters. The Bertz CT molecular complexity index is 921. The summed E-state index contributed by atoms with van der Waals surface area (Å²) < 4.78 is 21.7. The van der Waals surface area contributed by atoms with Crippen LogP contribution in [-0.2, 0) is 33.3 Å². The molecule has 1 fully saturated rings. The van der Waals surface area contributed by atoms with Crippen molar-refractivity contribution in [3.63, 3.8) is 0 Å². The first-order valence-electron chi connectivity index (χ1n) is 9.02. The number of azide groups is 1. The minimum atomic E-state index is -1.19. The number of benzene rings is 1. The van der Waals surface area contributed by atoms with Crippen LogP contribution in [-0.4, -0.2) is 54.3 Å². The highest BCUT2D eigenvalue weighted by molar-refractivity contribution is 7.99. The molecule has 1 saturated heterocycles. The Morgan fingerprint density at radius 2 is 1.62 bits per heavy atom. The molecule has 5 atom stereocenters. The van der Waals surface area contributed by atoms with Crippen molar-refractivity contribution in [3.8, 4) is 0 Å². The monoisotopic (exact) mass is 525 g/mol. The fraction of sp³-hybridized carbons (Fsp3) is 0.500. The molecule has 0 aromatic heterocycles. The van der Waals surface area contributed by atoms with Crippen LogP contribution in [0.2, 0.25) is 15.1 Å². The molecule has 1 aliphatic heterocycles. The molecule has 0 N–H and O–H groups in total. The standard InChI is InChI=1S/C18H18Cl3N3O7S/c1-7(25)28-6-13-16(29-8(2)26)15(23-24-22)17(30-9(3)27)18(31-13)32-10-4-11(19)14(21)12(20)5-10/h4-5,13,15-18H,6H2,1-3H3/t13?,15?,16-,17?,18+/m0/s1. The molecule has 14 heteroatoms. The van der Waals surface area contributed by atoms with E-state index in [9.17, 15) is 14.4 Å². The summed E-state index contributed by atoms with van der Waals surface area (Å²) in [7, 11) is 0. The van der Waals surface area contributed by atoms with E-state index in [1.807, 2.05) is 0 Å². The predicted molar refractivity (Wildman–Crippen MR) is 117 cm³/mol. The summed E-state index contributed by atoms with van der Waals surface area (Å²) in [6.45, 7) is 3.20. The van der Waals surface area contributed by atoms with Gasteiger partial charge in [-0.05, 0) is 17.7 Å². The quantitative estimate of drug-likeness (QED) is 0.126. The Balaban J connectivity index is 2.48. The van der Waals surface area contributed by atoms with Gasteiger partial charge in [-0.1, -0.05) is 51.7 Å². The number of thioether (sulfide) groups is 1. The first-order chi connectivity index (χ1) is 15.0. The summed E-state index contributed by atoms with van der Waals surface area (Å²) in [6, 6.07) is 1.87. The van der Waals surface area contributed by atoms with Crippen LogP contribution in [0.15, 0.2) is 22.1 Å². The van der Waals surface area contributed by atoms with Gasteiger partial charge in [0.1, 0.15) is 36.4 Å². The lowest BCUT2D eigenvalue weighted by molar-refractivity contribution is -0.201. The molecule has 0 radical (unpaired) electrons. The Morgan fingerprint density at radius 1 is 1.06 bits per heavy atom. The first-order valence-corrected chi connectivity index (χ1v) is 11.0. The third-order valence-corrected chi connectivity index (χ3v) is 6.38. The second-order valence-corrected chi connectivity index (χ2v) is 8.87. The van der Waals surface area contributed by atoms with E-state index in [1.165, 1.54) is 19.1 Å². The summed E-state index contributed by atoms with van der Waals surface area (Å²) >= 11 is 19.2. The summed E-state index contributed by atoms with van der Waals surface area (Å²) in [5.74, 6) is -1.99. The Labute approximate surface area is 202 Å². The third-order valence-electron chi connectivity index (χ3n) is 4.07. The topological polar surface area (TPSA) is 137 Å². The van der Waals surface area contributed by atoms with E-state index >= 15 is 0 Å². The van der Waals surface area contributed by atoms with Crippen LogP contribution in [0.5, 0.6) is 0 Å². The molecule has 32 heavy (non-hydrogen) atoms. The molecule has 10 nitrogen and oxygen atoms in total. The van der Waals surface area contributed by atoms with Crippen LogP contribution >= 0.6 is 46.6 Å². The molecule has 1 aromatic carbocycles. The lowest BCUT2D eigenvalue weighted by Gasteiger charge is -2.43. The number of hydrogen-bond donors (Lipinski definition) is 0. The molecule has 0 saturated carbocycles. The average molecular weight is 527 g/mol. The molecule has 2 rings (SSSR count). The van der Waals surface area contributed by atoms with Crippen LogP contribution in [0.3, 0.4) is 0 Å². The number of carbonyl (C=O) groups is 3. The van der Waals surface area contributed by atoms with Crippen molar-refractivity contribution >= 4 is 64.5 Å². The SMILES string of the molecule is CC(=O)OCC1O[C@H](Sc2cc(Cl)c(Cl)c(Cl)c2)C(OC(C)=O)C(N=[N+]=[N-])[C@H]1OC(C)=O. The lowest BCUT2D eigenvalue weighted by atomic mass is 9.97. The number of hydrogen-bond acceptors (Lipinski definition) is 9. The van der Waals surface area contributed by atoms with Gasteiger partial charge in [0.05, 0.1) is 15.1 Å². The van der Waals surface area contributed by atoms with E-state index in [0.717, 1.165) is 25.6 Å². The Kier molecular flexibility index (Phi) is 9.75. The highest BCUT2D eigenvalue weighted by Gasteiger charge is 2.50. The van der Waals surface area contributed by atoms with Gasteiger partial charge >= 0.3 is 17.9 Å². The molecule has 1 aromatic rings. The van der Waals surface area contributed by atoms with Gasteiger partial charge in [0, 0.05) is 30.6 Å². The van der Waals surface area contributed by atoms with Crippen molar-refractivity contribution in [1.29, 1.82) is 0 Å². The molecule has 1 aliphatic rings. The lowest BCUT2D eigenvalue weighted by Crippen LogP contribution is -2.59. The van der Waals surface area contributed by atoms with Crippen LogP contribution in [0.4, 0.5) is 0 Å². The van der Waals surface area contributed by atoms with Crippen LogP contribution in [0.1, 0.15) is 20.8 Å². The highest BCUT2D eigenvalue weighted by Crippen LogP contribution is 2.41. The van der Waals surface area contributed by atoms with E-state index in [-0.39, 0.29) is 21.7 Å². The second kappa shape index (κ2) is 11.8. The number of nitrogens with zero attached hydrogens (tertiary/aromatic N) is 3. The number of ether oxygens (including phenoxy) is 4. The van der Waals surface area contributed by atoms with E-state index in [4.69, 9.17) is 59.3 Å². The molecular weight excluding hydrogens is 509 g/mol. The van der Waals surface area contributed by atoms with Gasteiger partial charge in [-0.2, -0.15) is 0 Å². The largest absolute Gasteiger partial charge is 0.463 e. The number of rotatable bonds is 7. The summed E-state index contributed by atoms with van der Waals surface area (Å²) in [5.41, 5.74) is 8.12. The van der Waals surface area contributed by atoms with Gasteiger partial charge in [0.25, 0.3) is 0 Å². The van der Waals surface area contributed by atoms with Crippen molar-refractivity contribution in [2.75, 3.05) is 6.61 Å². The molecule has 174 valence electrons. The summed E-state index contributed by atoms with van der Waals surface area (Å²) in [4.78, 5) is 38.1. The zero-order chi connectivity index (χ0) is 24.0. The maximum atomic E-state index is 11.8. The zero-order valence-corrected chi connectivity index (χ0v) is 20.1. The van der Waals surface area contributed by atoms with Crippen molar-refractivity contribution < 1.29 is 33.3 Å². The van der Waals surface area contributed by atoms with E-state index < -0.39 is 47.7 Å². The summed E-state index contributed by atoms with van der Waals surface area (Å²) in [6.07, 6.45) is -3.39. The fourth-order valence-corrected chi connectivity index (χ4v) is 4.82. The maximum Gasteiger partial charge on any atom is 0.303 e. The second-order valence-electron chi connectivity index (χ2n) is 6.51. The third kappa shape index (κ3) is 7.06. The van der Waals surface area contributed by atoms with Crippen molar-refractivity contribution in [1.82, 2.24) is 0 Å². The van der Waals surface area contributed by atoms with Crippen molar-refractivity contribution in [2.24, 2.45) is 5.11 Å². The van der Waals surface area contributed by atoms with E-state index in [2.05, 4.69) is 10.0 Å². The molecule has 0 amide bonds. The van der Waals surface area contributed by atoms with Crippen molar-refractivity contribution in [3.05, 3.63) is 37.6 Å². The van der Waals surface area contributed by atoms with Crippen LogP contribution in [0.25, 0.3) is 10.4 Å². The Morgan fingerprint density at radius 3 is 2.12 bits per heavy atom. The van der Waals surface area contributed by atoms with Gasteiger partial charge in [-0.15, -0.1) is 0 Å². The smallest absolute Gasteiger partial charge is 0.303 e. The van der Waals surface area contributed by atoms with Crippen molar-refractivity contribution in [2.45, 2.75) is 55.5 Å². The normalized spacial score (nSPS) is 24.8. The highest BCUT2D eigenvalue weighted by atomic mass is 35.5. The number of halogens is 3. The van der Waals surface area contributed by atoms with Gasteiger partial charge < -0.3 is 18.9 Å². The molecule has 0 bridgehead atoms. The van der Waals surface area contributed by atoms with Gasteiger partial charge in [-0.3, -0.25) is 14.4 Å². The van der Waals surface area contributed by atoms with E-state index in [0.29, 0.717) is 4.90 Å². The van der Waals surface area contributed by atoms with Gasteiger partial charge in [0.15, 0.2) is 0 Å². The fourth-order valence-electron chi connectivity index (χ4n) is 2.90. The predicted octanol–water partition coefficient (Wildman–Crippen LogP) is 4.57. The van der Waals surface area contributed by atoms with Crippen LogP contribution < -0.4 is 0 Å². The molecule has 0 aliphatic carbocycles. The van der Waals surface area contributed by atoms with Crippen LogP contribution in [0, 0.1) is 0 Å². The maximum absolute atomic E-state index is 11.8. The summed E-state index contributed by atoms with van der Waals surface area (Å²) in [5, 5.41) is 4.22. The van der Waals surface area contributed by atoms with Gasteiger partial charge in [0.2, 0.25) is 0 Å².